The fraction of sp³-hybridized carbons (Fsp3) is 0.348. The first-order valence-corrected chi connectivity index (χ1v) is 12.4. The fourth-order valence-corrected chi connectivity index (χ4v) is 5.38. The minimum absolute atomic E-state index is 0.000283. The lowest BCUT2D eigenvalue weighted by Gasteiger charge is -2.17. The second-order valence-corrected chi connectivity index (χ2v) is 11.0. The first kappa shape index (κ1) is 24.3. The van der Waals surface area contributed by atoms with Gasteiger partial charge in [0.2, 0.25) is 0 Å². The smallest absolute Gasteiger partial charge is 0.263 e. The van der Waals surface area contributed by atoms with E-state index in [0.29, 0.717) is 23.8 Å². The highest BCUT2D eigenvalue weighted by Crippen LogP contribution is 2.44. The standard InChI is InChI=1S/C23H22FN5O5S/c1-3-35(32,33)23(6-7-23)13-34-21-19-16(12-27-28-21)9-17(22(31)29(19)2)20(30)26-11-14-4-5-15(10-25)18(24)8-14/h4-5,8-9,12H,3,6-7,11,13H2,1-2H3,(H,26,30). The van der Waals surface area contributed by atoms with Gasteiger partial charge < -0.3 is 14.6 Å². The third-order valence-electron chi connectivity index (χ3n) is 6.16. The van der Waals surface area contributed by atoms with Crippen LogP contribution < -0.4 is 15.6 Å². The zero-order chi connectivity index (χ0) is 25.4. The fourth-order valence-electron chi connectivity index (χ4n) is 3.81. The summed E-state index contributed by atoms with van der Waals surface area (Å²) in [4.78, 5) is 25.7. The number of sulfone groups is 1. The molecule has 12 heteroatoms. The molecule has 1 amide bonds. The Labute approximate surface area is 200 Å². The average molecular weight is 500 g/mol. The molecule has 0 spiro atoms. The van der Waals surface area contributed by atoms with Crippen molar-refractivity contribution in [2.75, 3.05) is 12.4 Å². The number of carbonyl (C=O) groups excluding carboxylic acids is 1. The Kier molecular flexibility index (Phi) is 6.29. The molecule has 0 unspecified atom stereocenters. The second-order valence-electron chi connectivity index (χ2n) is 8.36. The molecule has 1 aromatic carbocycles. The van der Waals surface area contributed by atoms with Crippen LogP contribution in [0.25, 0.3) is 10.9 Å². The van der Waals surface area contributed by atoms with Gasteiger partial charge in [-0.3, -0.25) is 9.59 Å². The number of nitriles is 1. The molecular formula is C23H22FN5O5S. The SMILES string of the molecule is CCS(=O)(=O)C1(COc2nncc3cc(C(=O)NCc4ccc(C#N)c(F)c4)c(=O)n(C)c23)CC1. The van der Waals surface area contributed by atoms with Crippen molar-refractivity contribution in [3.63, 3.8) is 0 Å². The van der Waals surface area contributed by atoms with Crippen LogP contribution in [0, 0.1) is 17.1 Å². The van der Waals surface area contributed by atoms with Crippen molar-refractivity contribution in [3.05, 3.63) is 63.3 Å². The lowest BCUT2D eigenvalue weighted by atomic mass is 10.1. The molecule has 1 fully saturated rings. The number of pyridine rings is 1. The van der Waals surface area contributed by atoms with Crippen LogP contribution in [-0.2, 0) is 23.4 Å². The van der Waals surface area contributed by atoms with E-state index in [0.717, 1.165) is 6.07 Å². The molecule has 1 N–H and O–H groups in total. The number of amides is 1. The third kappa shape index (κ3) is 4.46. The molecule has 1 saturated carbocycles. The van der Waals surface area contributed by atoms with E-state index in [1.54, 1.807) is 13.0 Å². The summed E-state index contributed by atoms with van der Waals surface area (Å²) >= 11 is 0. The number of nitrogens with one attached hydrogen (secondary N) is 1. The molecule has 3 aromatic rings. The number of hydrogen-bond donors (Lipinski definition) is 1. The molecule has 1 aliphatic carbocycles. The summed E-state index contributed by atoms with van der Waals surface area (Å²) in [7, 11) is -1.87. The number of aryl methyl sites for hydroxylation is 1. The molecule has 0 aliphatic heterocycles. The first-order chi connectivity index (χ1) is 16.6. The summed E-state index contributed by atoms with van der Waals surface area (Å²) in [6.07, 6.45) is 2.35. The number of benzene rings is 1. The highest BCUT2D eigenvalue weighted by molar-refractivity contribution is 7.93. The molecule has 2 heterocycles. The zero-order valence-electron chi connectivity index (χ0n) is 19.0. The monoisotopic (exact) mass is 499 g/mol. The maximum absolute atomic E-state index is 13.8. The van der Waals surface area contributed by atoms with Crippen molar-refractivity contribution in [1.82, 2.24) is 20.1 Å². The number of aromatic nitrogens is 3. The number of nitrogens with zero attached hydrogens (tertiary/aromatic N) is 4. The predicted molar refractivity (Wildman–Crippen MR) is 124 cm³/mol. The van der Waals surface area contributed by atoms with Crippen LogP contribution in [-0.4, -0.2) is 46.2 Å². The molecule has 182 valence electrons. The minimum atomic E-state index is -3.32. The predicted octanol–water partition coefficient (Wildman–Crippen LogP) is 1.62. The van der Waals surface area contributed by atoms with Crippen LogP contribution in [0.3, 0.4) is 0 Å². The number of rotatable bonds is 8. The lowest BCUT2D eigenvalue weighted by Crippen LogP contribution is -2.33. The van der Waals surface area contributed by atoms with Gasteiger partial charge in [0, 0.05) is 24.7 Å². The second kappa shape index (κ2) is 9.07. The Morgan fingerprint density at radius 1 is 1.34 bits per heavy atom. The first-order valence-electron chi connectivity index (χ1n) is 10.8. The summed E-state index contributed by atoms with van der Waals surface area (Å²) in [5, 5.41) is 19.6. The van der Waals surface area contributed by atoms with Crippen LogP contribution in [0.15, 0.2) is 35.3 Å². The summed E-state index contributed by atoms with van der Waals surface area (Å²) in [5.74, 6) is -1.38. The normalized spacial score (nSPS) is 14.3. The maximum atomic E-state index is 13.8. The van der Waals surface area contributed by atoms with Crippen LogP contribution in [0.2, 0.25) is 0 Å². The molecule has 10 nitrogen and oxygen atoms in total. The van der Waals surface area contributed by atoms with Crippen molar-refractivity contribution >= 4 is 26.6 Å². The largest absolute Gasteiger partial charge is 0.473 e. The van der Waals surface area contributed by atoms with E-state index >= 15 is 0 Å². The van der Waals surface area contributed by atoms with Gasteiger partial charge in [-0.25, -0.2) is 12.8 Å². The Morgan fingerprint density at radius 2 is 2.09 bits per heavy atom. The van der Waals surface area contributed by atoms with E-state index in [9.17, 15) is 22.4 Å². The molecule has 0 bridgehead atoms. The van der Waals surface area contributed by atoms with Gasteiger partial charge in [-0.15, -0.1) is 5.10 Å². The van der Waals surface area contributed by atoms with Crippen LogP contribution in [0.4, 0.5) is 4.39 Å². The van der Waals surface area contributed by atoms with Gasteiger partial charge in [0.15, 0.2) is 9.84 Å². The third-order valence-corrected chi connectivity index (χ3v) is 8.77. The van der Waals surface area contributed by atoms with Gasteiger partial charge in [0.25, 0.3) is 17.3 Å². The number of carbonyl (C=O) groups is 1. The Hall–Kier alpha value is -3.85. The number of ether oxygens (including phenoxy) is 1. The van der Waals surface area contributed by atoms with Crippen molar-refractivity contribution in [2.24, 2.45) is 7.05 Å². The van der Waals surface area contributed by atoms with Crippen molar-refractivity contribution in [2.45, 2.75) is 31.1 Å². The average Bonchev–Trinajstić information content (AvgIpc) is 3.65. The minimum Gasteiger partial charge on any atom is -0.473 e. The van der Waals surface area contributed by atoms with E-state index in [2.05, 4.69) is 15.5 Å². The summed E-state index contributed by atoms with van der Waals surface area (Å²) in [5.41, 5.74) is -0.200. The molecule has 0 saturated heterocycles. The van der Waals surface area contributed by atoms with Crippen LogP contribution in [0.5, 0.6) is 5.88 Å². The Bertz CT molecular complexity index is 1540. The Balaban J connectivity index is 1.58. The molecule has 35 heavy (non-hydrogen) atoms. The van der Waals surface area contributed by atoms with E-state index < -0.39 is 31.9 Å². The zero-order valence-corrected chi connectivity index (χ0v) is 19.9. The van der Waals surface area contributed by atoms with E-state index in [1.165, 1.54) is 36.0 Å². The van der Waals surface area contributed by atoms with Gasteiger partial charge in [-0.05, 0) is 36.6 Å². The highest BCUT2D eigenvalue weighted by Gasteiger charge is 2.54. The number of hydrogen-bond acceptors (Lipinski definition) is 8. The summed E-state index contributed by atoms with van der Waals surface area (Å²) in [6.45, 7) is 1.43. The highest BCUT2D eigenvalue weighted by atomic mass is 32.2. The summed E-state index contributed by atoms with van der Waals surface area (Å²) in [6, 6.07) is 7.03. The molecule has 0 atom stereocenters. The molecule has 2 aromatic heterocycles. The van der Waals surface area contributed by atoms with Crippen molar-refractivity contribution in [3.8, 4) is 11.9 Å². The molecule has 1 aliphatic rings. The number of fused-ring (bicyclic) bond motifs is 1. The van der Waals surface area contributed by atoms with Gasteiger partial charge in [-0.2, -0.15) is 10.4 Å². The maximum Gasteiger partial charge on any atom is 0.263 e. The molecular weight excluding hydrogens is 477 g/mol. The van der Waals surface area contributed by atoms with Crippen LogP contribution in [0.1, 0.15) is 41.3 Å². The van der Waals surface area contributed by atoms with Crippen molar-refractivity contribution < 1.29 is 22.3 Å². The molecule has 0 radical (unpaired) electrons. The van der Waals surface area contributed by atoms with Gasteiger partial charge in [0.05, 0.1) is 11.8 Å². The lowest BCUT2D eigenvalue weighted by molar-refractivity contribution is 0.0949. The van der Waals surface area contributed by atoms with Gasteiger partial charge in [-0.1, -0.05) is 13.0 Å². The topological polar surface area (TPSA) is 144 Å². The van der Waals surface area contributed by atoms with Crippen molar-refractivity contribution in [1.29, 1.82) is 5.26 Å². The van der Waals surface area contributed by atoms with E-state index in [-0.39, 0.29) is 41.4 Å². The quantitative estimate of drug-likeness (QED) is 0.492. The van der Waals surface area contributed by atoms with Crippen LogP contribution >= 0.6 is 0 Å². The van der Waals surface area contributed by atoms with Gasteiger partial charge in [0.1, 0.15) is 34.3 Å². The molecule has 4 rings (SSSR count). The summed E-state index contributed by atoms with van der Waals surface area (Å²) < 4.78 is 44.5. The Morgan fingerprint density at radius 3 is 2.71 bits per heavy atom. The van der Waals surface area contributed by atoms with E-state index in [4.69, 9.17) is 10.00 Å². The van der Waals surface area contributed by atoms with E-state index in [1.807, 2.05) is 0 Å². The number of halogens is 1. The van der Waals surface area contributed by atoms with Gasteiger partial charge >= 0.3 is 0 Å².